The zero-order valence-corrected chi connectivity index (χ0v) is 12.5. The van der Waals surface area contributed by atoms with E-state index in [-0.39, 0.29) is 5.91 Å². The van der Waals surface area contributed by atoms with E-state index < -0.39 is 18.1 Å². The molecule has 1 aromatic rings. The molecule has 0 saturated carbocycles. The number of carboxylic acid groups (broad SMARTS) is 1. The standard InChI is InChI=1S/C16H22N2O3/c1-10(2)9-13(17)15(19)18-8-7-11-5-3-4-6-12(11)14(18)16(20)21/h3-6,10,13-14H,7-9,17H2,1-2H3,(H,20,21)/t13-,14?/m0/s1. The molecular formula is C16H22N2O3. The van der Waals surface area contributed by atoms with Crippen LogP contribution in [0.3, 0.4) is 0 Å². The topological polar surface area (TPSA) is 83.6 Å². The molecule has 0 spiro atoms. The van der Waals surface area contributed by atoms with E-state index in [2.05, 4.69) is 0 Å². The maximum Gasteiger partial charge on any atom is 0.331 e. The Labute approximate surface area is 124 Å². The summed E-state index contributed by atoms with van der Waals surface area (Å²) in [6.07, 6.45) is 1.23. The van der Waals surface area contributed by atoms with Gasteiger partial charge in [0.25, 0.3) is 0 Å². The van der Waals surface area contributed by atoms with Crippen molar-refractivity contribution in [3.63, 3.8) is 0 Å². The molecule has 0 aromatic heterocycles. The van der Waals surface area contributed by atoms with Crippen molar-refractivity contribution >= 4 is 11.9 Å². The first kappa shape index (κ1) is 15.5. The first-order valence-corrected chi connectivity index (χ1v) is 7.28. The van der Waals surface area contributed by atoms with Crippen LogP contribution >= 0.6 is 0 Å². The minimum atomic E-state index is -1.01. The summed E-state index contributed by atoms with van der Waals surface area (Å²) in [7, 11) is 0. The number of amides is 1. The quantitative estimate of drug-likeness (QED) is 0.881. The SMILES string of the molecule is CC(C)C[C@H](N)C(=O)N1CCc2ccccc2C1C(=O)O. The van der Waals surface area contributed by atoms with Crippen LogP contribution in [0.2, 0.25) is 0 Å². The fourth-order valence-electron chi connectivity index (χ4n) is 2.89. The van der Waals surface area contributed by atoms with Gasteiger partial charge in [-0.15, -0.1) is 0 Å². The van der Waals surface area contributed by atoms with Crippen LogP contribution < -0.4 is 5.73 Å². The molecule has 5 heteroatoms. The number of nitrogens with zero attached hydrogens (tertiary/aromatic N) is 1. The molecule has 2 atom stereocenters. The third-order valence-corrected chi connectivity index (χ3v) is 3.84. The molecule has 1 aliphatic heterocycles. The Morgan fingerprint density at radius 3 is 2.67 bits per heavy atom. The van der Waals surface area contributed by atoms with Gasteiger partial charge in [0.2, 0.25) is 5.91 Å². The predicted molar refractivity (Wildman–Crippen MR) is 79.7 cm³/mol. The highest BCUT2D eigenvalue weighted by Gasteiger charge is 2.37. The molecule has 21 heavy (non-hydrogen) atoms. The first-order valence-electron chi connectivity index (χ1n) is 7.28. The second-order valence-electron chi connectivity index (χ2n) is 5.96. The Kier molecular flexibility index (Phi) is 4.63. The number of nitrogens with two attached hydrogens (primary N) is 1. The largest absolute Gasteiger partial charge is 0.479 e. The summed E-state index contributed by atoms with van der Waals surface area (Å²) in [5.74, 6) is -0.984. The van der Waals surface area contributed by atoms with Gasteiger partial charge in [0.05, 0.1) is 6.04 Å². The van der Waals surface area contributed by atoms with E-state index in [1.807, 2.05) is 26.0 Å². The van der Waals surface area contributed by atoms with E-state index in [4.69, 9.17) is 5.73 Å². The second kappa shape index (κ2) is 6.26. The molecule has 0 fully saturated rings. The van der Waals surface area contributed by atoms with E-state index in [0.29, 0.717) is 30.9 Å². The Morgan fingerprint density at radius 1 is 1.38 bits per heavy atom. The van der Waals surface area contributed by atoms with Crippen LogP contribution in [0.4, 0.5) is 0 Å². The molecular weight excluding hydrogens is 268 g/mol. The lowest BCUT2D eigenvalue weighted by Crippen LogP contribution is -2.50. The average molecular weight is 290 g/mol. The van der Waals surface area contributed by atoms with Gasteiger partial charge in [0.15, 0.2) is 6.04 Å². The van der Waals surface area contributed by atoms with Crippen LogP contribution in [0.25, 0.3) is 0 Å². The van der Waals surface area contributed by atoms with Crippen molar-refractivity contribution in [1.29, 1.82) is 0 Å². The normalized spacial score (nSPS) is 19.2. The minimum absolute atomic E-state index is 0.273. The highest BCUT2D eigenvalue weighted by Crippen LogP contribution is 2.30. The summed E-state index contributed by atoms with van der Waals surface area (Å²) < 4.78 is 0. The lowest BCUT2D eigenvalue weighted by molar-refractivity contribution is -0.151. The van der Waals surface area contributed by atoms with Gasteiger partial charge in [0.1, 0.15) is 0 Å². The monoisotopic (exact) mass is 290 g/mol. The number of aliphatic carboxylic acids is 1. The van der Waals surface area contributed by atoms with Crippen LogP contribution in [-0.2, 0) is 16.0 Å². The molecule has 5 nitrogen and oxygen atoms in total. The molecule has 3 N–H and O–H groups in total. The van der Waals surface area contributed by atoms with Crippen molar-refractivity contribution in [3.05, 3.63) is 35.4 Å². The van der Waals surface area contributed by atoms with Crippen molar-refractivity contribution in [3.8, 4) is 0 Å². The molecule has 1 amide bonds. The van der Waals surface area contributed by atoms with Crippen LogP contribution in [0, 0.1) is 5.92 Å². The lowest BCUT2D eigenvalue weighted by Gasteiger charge is -2.36. The highest BCUT2D eigenvalue weighted by molar-refractivity contribution is 5.88. The van der Waals surface area contributed by atoms with Crippen molar-refractivity contribution < 1.29 is 14.7 Å². The van der Waals surface area contributed by atoms with Gasteiger partial charge in [-0.1, -0.05) is 38.1 Å². The molecule has 2 rings (SSSR count). The summed E-state index contributed by atoms with van der Waals surface area (Å²) in [4.78, 5) is 25.6. The predicted octanol–water partition coefficient (Wildman–Crippen LogP) is 1.57. The number of carbonyl (C=O) groups is 2. The first-order chi connectivity index (χ1) is 9.91. The fourth-order valence-corrected chi connectivity index (χ4v) is 2.89. The average Bonchev–Trinajstić information content (AvgIpc) is 2.44. The van der Waals surface area contributed by atoms with Crippen LogP contribution in [-0.4, -0.2) is 34.5 Å². The maximum absolute atomic E-state index is 12.5. The molecule has 0 saturated heterocycles. The number of rotatable bonds is 4. The van der Waals surface area contributed by atoms with Crippen LogP contribution in [0.5, 0.6) is 0 Å². The van der Waals surface area contributed by atoms with Gasteiger partial charge < -0.3 is 15.7 Å². The lowest BCUT2D eigenvalue weighted by atomic mass is 9.91. The molecule has 1 aromatic carbocycles. The van der Waals surface area contributed by atoms with Crippen LogP contribution in [0.1, 0.15) is 37.4 Å². The van der Waals surface area contributed by atoms with Gasteiger partial charge in [0, 0.05) is 6.54 Å². The number of hydrogen-bond donors (Lipinski definition) is 2. The van der Waals surface area contributed by atoms with Gasteiger partial charge in [-0.05, 0) is 29.9 Å². The Balaban J connectivity index is 2.28. The third-order valence-electron chi connectivity index (χ3n) is 3.84. The molecule has 1 aliphatic rings. The molecule has 1 heterocycles. The van der Waals surface area contributed by atoms with Crippen molar-refractivity contribution in [1.82, 2.24) is 4.90 Å². The van der Waals surface area contributed by atoms with Crippen LogP contribution in [0.15, 0.2) is 24.3 Å². The van der Waals surface area contributed by atoms with Gasteiger partial charge in [-0.25, -0.2) is 4.79 Å². The third kappa shape index (κ3) is 3.24. The number of carboxylic acids is 1. The number of benzene rings is 1. The molecule has 114 valence electrons. The van der Waals surface area contributed by atoms with E-state index in [1.165, 1.54) is 4.90 Å². The molecule has 1 unspecified atom stereocenters. The fraction of sp³-hybridized carbons (Fsp3) is 0.500. The maximum atomic E-state index is 12.5. The van der Waals surface area contributed by atoms with E-state index in [1.54, 1.807) is 12.1 Å². The van der Waals surface area contributed by atoms with Crippen molar-refractivity contribution in [2.75, 3.05) is 6.54 Å². The minimum Gasteiger partial charge on any atom is -0.479 e. The van der Waals surface area contributed by atoms with E-state index in [9.17, 15) is 14.7 Å². The van der Waals surface area contributed by atoms with Crippen molar-refractivity contribution in [2.45, 2.75) is 38.8 Å². The molecule has 0 aliphatic carbocycles. The number of carbonyl (C=O) groups excluding carboxylic acids is 1. The summed E-state index contributed by atoms with van der Waals surface area (Å²) in [6, 6.07) is 5.82. The van der Waals surface area contributed by atoms with Crippen molar-refractivity contribution in [2.24, 2.45) is 11.7 Å². The number of hydrogen-bond acceptors (Lipinski definition) is 3. The van der Waals surface area contributed by atoms with Gasteiger partial charge >= 0.3 is 5.97 Å². The Hall–Kier alpha value is -1.88. The summed E-state index contributed by atoms with van der Waals surface area (Å²) in [5, 5.41) is 9.53. The Morgan fingerprint density at radius 2 is 2.05 bits per heavy atom. The zero-order valence-electron chi connectivity index (χ0n) is 12.5. The smallest absolute Gasteiger partial charge is 0.331 e. The highest BCUT2D eigenvalue weighted by atomic mass is 16.4. The summed E-state index contributed by atoms with van der Waals surface area (Å²) in [5.41, 5.74) is 7.63. The molecule has 0 radical (unpaired) electrons. The van der Waals surface area contributed by atoms with Gasteiger partial charge in [-0.2, -0.15) is 0 Å². The molecule has 0 bridgehead atoms. The van der Waals surface area contributed by atoms with E-state index >= 15 is 0 Å². The summed E-state index contributed by atoms with van der Waals surface area (Å²) in [6.45, 7) is 4.39. The Bertz CT molecular complexity index is 542. The van der Waals surface area contributed by atoms with E-state index in [0.717, 1.165) is 5.56 Å². The second-order valence-corrected chi connectivity index (χ2v) is 5.96. The van der Waals surface area contributed by atoms with Gasteiger partial charge in [-0.3, -0.25) is 4.79 Å². The summed E-state index contributed by atoms with van der Waals surface area (Å²) >= 11 is 0. The number of fused-ring (bicyclic) bond motifs is 1. The zero-order chi connectivity index (χ0) is 15.6.